The molecule has 142 valence electrons. The van der Waals surface area contributed by atoms with E-state index < -0.39 is 52.2 Å². The second kappa shape index (κ2) is 6.38. The Morgan fingerprint density at radius 3 is 2.22 bits per heavy atom. The monoisotopic (exact) mass is 388 g/mol. The zero-order valence-corrected chi connectivity index (χ0v) is 13.2. The Morgan fingerprint density at radius 1 is 0.926 bits per heavy atom. The van der Waals surface area contributed by atoms with Crippen molar-refractivity contribution in [3.63, 3.8) is 0 Å². The van der Waals surface area contributed by atoms with Crippen LogP contribution >= 0.6 is 0 Å². The Kier molecular flexibility index (Phi) is 4.46. The largest absolute Gasteiger partial charge is 0.506 e. The van der Waals surface area contributed by atoms with E-state index in [1.807, 2.05) is 0 Å². The molecule has 1 atom stereocenters. The van der Waals surface area contributed by atoms with Gasteiger partial charge in [0.1, 0.15) is 23.2 Å². The van der Waals surface area contributed by atoms with Crippen molar-refractivity contribution in [1.29, 1.82) is 0 Å². The number of alkyl halides is 6. The summed E-state index contributed by atoms with van der Waals surface area (Å²) in [7, 11) is 0. The molecule has 0 bridgehead atoms. The number of aromatic hydroxyl groups is 1. The molecule has 3 rings (SSSR count). The summed E-state index contributed by atoms with van der Waals surface area (Å²) in [6.45, 7) is 0. The molecule has 0 aliphatic carbocycles. The first kappa shape index (κ1) is 18.9. The summed E-state index contributed by atoms with van der Waals surface area (Å²) in [5.74, 6) is -0.518. The fourth-order valence-electron chi connectivity index (χ4n) is 2.64. The maximum Gasteiger partial charge on any atom is 0.433 e. The van der Waals surface area contributed by atoms with Crippen LogP contribution in [0.5, 0.6) is 5.75 Å². The van der Waals surface area contributed by atoms with Crippen LogP contribution in [-0.2, 0) is 12.4 Å². The highest BCUT2D eigenvalue weighted by Crippen LogP contribution is 2.40. The first-order valence-electron chi connectivity index (χ1n) is 7.40. The van der Waals surface area contributed by atoms with E-state index in [1.54, 1.807) is 0 Å². The average molecular weight is 388 g/mol. The fourth-order valence-corrected chi connectivity index (χ4v) is 2.64. The van der Waals surface area contributed by atoms with Crippen LogP contribution in [0.15, 0.2) is 42.6 Å². The number of para-hydroxylation sites is 1. The van der Waals surface area contributed by atoms with Crippen molar-refractivity contribution < 1.29 is 36.6 Å². The van der Waals surface area contributed by atoms with Crippen molar-refractivity contribution in [2.45, 2.75) is 18.5 Å². The highest BCUT2D eigenvalue weighted by atomic mass is 19.4. The summed E-state index contributed by atoms with van der Waals surface area (Å²) >= 11 is 0. The van der Waals surface area contributed by atoms with Gasteiger partial charge in [-0.15, -0.1) is 0 Å². The molecule has 0 radical (unpaired) electrons. The van der Waals surface area contributed by atoms with Crippen LogP contribution in [0.1, 0.15) is 28.6 Å². The van der Waals surface area contributed by atoms with E-state index in [-0.39, 0.29) is 5.39 Å². The SMILES string of the molecule is Oc1cccnc1C(O)c1cc(C(F)(F)F)nc2c(C(F)(F)F)cccc12. The molecule has 0 spiro atoms. The molecular weight excluding hydrogens is 378 g/mol. The first-order chi connectivity index (χ1) is 12.5. The van der Waals surface area contributed by atoms with Crippen LogP contribution in [0.3, 0.4) is 0 Å². The minimum absolute atomic E-state index is 0.338. The molecule has 4 nitrogen and oxygen atoms in total. The van der Waals surface area contributed by atoms with E-state index in [1.165, 1.54) is 12.3 Å². The zero-order chi connectivity index (χ0) is 20.0. The molecule has 2 heterocycles. The van der Waals surface area contributed by atoms with Gasteiger partial charge in [-0.25, -0.2) is 4.98 Å². The van der Waals surface area contributed by atoms with Crippen molar-refractivity contribution in [3.8, 4) is 5.75 Å². The van der Waals surface area contributed by atoms with E-state index in [4.69, 9.17) is 0 Å². The molecule has 0 aliphatic heterocycles. The van der Waals surface area contributed by atoms with Gasteiger partial charge in [0.15, 0.2) is 0 Å². The standard InChI is InChI=1S/C17H10F6N2O2/c18-16(19,20)10-4-1-3-8-9(7-12(17(21,22)23)25-13(8)10)15(27)14-11(26)5-2-6-24-14/h1-7,15,26-27H. The Morgan fingerprint density at radius 2 is 1.63 bits per heavy atom. The molecule has 3 aromatic rings. The van der Waals surface area contributed by atoms with Crippen molar-refractivity contribution in [3.05, 3.63) is 65.1 Å². The molecule has 0 fully saturated rings. The highest BCUT2D eigenvalue weighted by molar-refractivity contribution is 5.86. The molecule has 0 amide bonds. The number of halogens is 6. The number of pyridine rings is 2. The van der Waals surface area contributed by atoms with Gasteiger partial charge in [0.25, 0.3) is 0 Å². The second-order valence-corrected chi connectivity index (χ2v) is 5.60. The van der Waals surface area contributed by atoms with Crippen molar-refractivity contribution in [1.82, 2.24) is 9.97 Å². The van der Waals surface area contributed by atoms with E-state index in [2.05, 4.69) is 9.97 Å². The third-order valence-electron chi connectivity index (χ3n) is 3.84. The van der Waals surface area contributed by atoms with Crippen LogP contribution in [0, 0.1) is 0 Å². The van der Waals surface area contributed by atoms with Gasteiger partial charge in [-0.1, -0.05) is 12.1 Å². The fraction of sp³-hybridized carbons (Fsp3) is 0.176. The number of hydrogen-bond acceptors (Lipinski definition) is 4. The van der Waals surface area contributed by atoms with E-state index in [9.17, 15) is 36.6 Å². The smallest absolute Gasteiger partial charge is 0.433 e. The Labute approximate surface area is 147 Å². The summed E-state index contributed by atoms with van der Waals surface area (Å²) in [6.07, 6.45) is -10.7. The van der Waals surface area contributed by atoms with Crippen molar-refractivity contribution in [2.75, 3.05) is 0 Å². The van der Waals surface area contributed by atoms with E-state index in [0.717, 1.165) is 18.2 Å². The summed E-state index contributed by atoms with van der Waals surface area (Å²) < 4.78 is 79.2. The Balaban J connectivity index is 2.36. The van der Waals surface area contributed by atoms with Crippen LogP contribution in [0.2, 0.25) is 0 Å². The molecule has 1 unspecified atom stereocenters. The summed E-state index contributed by atoms with van der Waals surface area (Å²) in [4.78, 5) is 6.83. The minimum atomic E-state index is -5.05. The molecule has 1 aromatic carbocycles. The molecule has 2 N–H and O–H groups in total. The van der Waals surface area contributed by atoms with Gasteiger partial charge in [0, 0.05) is 11.6 Å². The lowest BCUT2D eigenvalue weighted by Crippen LogP contribution is -2.14. The van der Waals surface area contributed by atoms with Gasteiger partial charge in [-0.3, -0.25) is 4.98 Å². The minimum Gasteiger partial charge on any atom is -0.506 e. The lowest BCUT2D eigenvalue weighted by atomic mass is 9.97. The van der Waals surface area contributed by atoms with Gasteiger partial charge in [0.2, 0.25) is 0 Å². The number of nitrogens with zero attached hydrogens (tertiary/aromatic N) is 2. The average Bonchev–Trinajstić information content (AvgIpc) is 2.58. The molecule has 0 aliphatic rings. The predicted molar refractivity (Wildman–Crippen MR) is 81.7 cm³/mol. The normalized spacial score (nSPS) is 13.7. The zero-order valence-electron chi connectivity index (χ0n) is 13.2. The van der Waals surface area contributed by atoms with Gasteiger partial charge >= 0.3 is 12.4 Å². The van der Waals surface area contributed by atoms with Crippen molar-refractivity contribution >= 4 is 10.9 Å². The molecule has 10 heteroatoms. The maximum absolute atomic E-state index is 13.2. The predicted octanol–water partition coefficient (Wildman–Crippen LogP) is 4.45. The molecule has 27 heavy (non-hydrogen) atoms. The number of aliphatic hydroxyl groups is 1. The molecule has 0 saturated heterocycles. The Bertz CT molecular complexity index is 1000. The van der Waals surface area contributed by atoms with Gasteiger partial charge in [-0.05, 0) is 29.8 Å². The van der Waals surface area contributed by atoms with Crippen LogP contribution in [0.4, 0.5) is 26.3 Å². The van der Waals surface area contributed by atoms with Crippen LogP contribution < -0.4 is 0 Å². The molecule has 0 saturated carbocycles. The second-order valence-electron chi connectivity index (χ2n) is 5.60. The number of hydrogen-bond donors (Lipinski definition) is 2. The lowest BCUT2D eigenvalue weighted by Gasteiger charge is -2.18. The number of aliphatic hydroxyl groups excluding tert-OH is 1. The van der Waals surface area contributed by atoms with E-state index in [0.29, 0.717) is 12.1 Å². The van der Waals surface area contributed by atoms with Crippen LogP contribution in [-0.4, -0.2) is 20.2 Å². The Hall–Kier alpha value is -2.88. The first-order valence-corrected chi connectivity index (χ1v) is 7.40. The van der Waals surface area contributed by atoms with Gasteiger partial charge < -0.3 is 10.2 Å². The quantitative estimate of drug-likeness (QED) is 0.637. The number of rotatable bonds is 2. The summed E-state index contributed by atoms with van der Waals surface area (Å²) in [5, 5.41) is 19.9. The summed E-state index contributed by atoms with van der Waals surface area (Å²) in [5.41, 5.74) is -4.83. The third-order valence-corrected chi connectivity index (χ3v) is 3.84. The topological polar surface area (TPSA) is 66.2 Å². The van der Waals surface area contributed by atoms with Crippen molar-refractivity contribution in [2.24, 2.45) is 0 Å². The highest BCUT2D eigenvalue weighted by Gasteiger charge is 2.38. The van der Waals surface area contributed by atoms with E-state index >= 15 is 0 Å². The third kappa shape index (κ3) is 3.52. The van der Waals surface area contributed by atoms with Crippen LogP contribution in [0.25, 0.3) is 10.9 Å². The molecular formula is C17H10F6N2O2. The lowest BCUT2D eigenvalue weighted by molar-refractivity contribution is -0.142. The number of benzene rings is 1. The van der Waals surface area contributed by atoms with Gasteiger partial charge in [0.05, 0.1) is 11.1 Å². The van der Waals surface area contributed by atoms with Gasteiger partial charge in [-0.2, -0.15) is 26.3 Å². The molecule has 2 aromatic heterocycles. The number of aromatic nitrogens is 2. The maximum atomic E-state index is 13.2. The number of fused-ring (bicyclic) bond motifs is 1. The summed E-state index contributed by atoms with van der Waals surface area (Å²) in [6, 6.07) is 5.61.